The second kappa shape index (κ2) is 10.2. The van der Waals surface area contributed by atoms with Gasteiger partial charge in [0, 0.05) is 40.4 Å². The lowest BCUT2D eigenvalue weighted by atomic mass is 9.99. The number of aryl methyl sites for hydroxylation is 1. The van der Waals surface area contributed by atoms with Crippen molar-refractivity contribution in [1.82, 2.24) is 25.0 Å². The molecule has 28 heavy (non-hydrogen) atoms. The average molecular weight is 385 g/mol. The smallest absolute Gasteiger partial charge is 0.194 e. The second-order valence-corrected chi connectivity index (χ2v) is 7.43. The molecule has 0 aliphatic carbocycles. The fourth-order valence-corrected chi connectivity index (χ4v) is 3.56. The van der Waals surface area contributed by atoms with Gasteiger partial charge in [-0.05, 0) is 37.7 Å². The van der Waals surface area contributed by atoms with E-state index in [-0.39, 0.29) is 0 Å². The highest BCUT2D eigenvalue weighted by molar-refractivity contribution is 5.80. The van der Waals surface area contributed by atoms with Crippen LogP contribution >= 0.6 is 0 Å². The second-order valence-electron chi connectivity index (χ2n) is 7.43. The fourth-order valence-electron chi connectivity index (χ4n) is 3.56. The van der Waals surface area contributed by atoms with Gasteiger partial charge in [-0.15, -0.1) is 10.2 Å². The molecular formula is C21H32N6O. The Balaban J connectivity index is 1.62. The molecule has 7 nitrogen and oxygen atoms in total. The third kappa shape index (κ3) is 5.55. The summed E-state index contributed by atoms with van der Waals surface area (Å²) in [5, 5.41) is 11.9. The van der Waals surface area contributed by atoms with Gasteiger partial charge in [0.2, 0.25) is 0 Å². The van der Waals surface area contributed by atoms with E-state index in [1.54, 1.807) is 7.11 Å². The lowest BCUT2D eigenvalue weighted by molar-refractivity contribution is 0.195. The van der Waals surface area contributed by atoms with Crippen LogP contribution in [0.2, 0.25) is 0 Å². The number of guanidine groups is 1. The van der Waals surface area contributed by atoms with Crippen LogP contribution in [-0.2, 0) is 24.8 Å². The molecule has 0 radical (unpaired) electrons. The number of ether oxygens (including phenoxy) is 1. The molecule has 2 heterocycles. The quantitative estimate of drug-likeness (QED) is 0.429. The van der Waals surface area contributed by atoms with Crippen molar-refractivity contribution in [3.8, 4) is 0 Å². The molecule has 0 saturated carbocycles. The van der Waals surface area contributed by atoms with Crippen LogP contribution < -0.4 is 5.32 Å². The van der Waals surface area contributed by atoms with Crippen LogP contribution in [0.15, 0.2) is 35.3 Å². The van der Waals surface area contributed by atoms with Crippen LogP contribution in [-0.4, -0.2) is 59.0 Å². The molecule has 0 amide bonds. The number of hydrogen-bond donors (Lipinski definition) is 1. The molecule has 1 aromatic carbocycles. The highest BCUT2D eigenvalue weighted by atomic mass is 16.5. The van der Waals surface area contributed by atoms with Crippen LogP contribution in [0.5, 0.6) is 0 Å². The zero-order valence-corrected chi connectivity index (χ0v) is 17.3. The van der Waals surface area contributed by atoms with Crippen molar-refractivity contribution in [2.24, 2.45) is 18.0 Å². The zero-order chi connectivity index (χ0) is 19.8. The van der Waals surface area contributed by atoms with Crippen LogP contribution in [0.25, 0.3) is 0 Å². The number of benzene rings is 1. The molecule has 1 N–H and O–H groups in total. The van der Waals surface area contributed by atoms with Crippen LogP contribution in [0.4, 0.5) is 0 Å². The van der Waals surface area contributed by atoms with Gasteiger partial charge < -0.3 is 19.5 Å². The monoisotopic (exact) mass is 384 g/mol. The molecule has 1 atom stereocenters. The first-order valence-corrected chi connectivity index (χ1v) is 10.1. The summed E-state index contributed by atoms with van der Waals surface area (Å²) in [5.74, 6) is 3.41. The van der Waals surface area contributed by atoms with E-state index in [4.69, 9.17) is 9.73 Å². The summed E-state index contributed by atoms with van der Waals surface area (Å²) in [7, 11) is 3.72. The third-order valence-electron chi connectivity index (χ3n) is 5.31. The Labute approximate surface area is 167 Å². The van der Waals surface area contributed by atoms with Gasteiger partial charge in [-0.25, -0.2) is 4.99 Å². The number of hydrogen-bond acceptors (Lipinski definition) is 4. The molecule has 2 aromatic rings. The first-order valence-electron chi connectivity index (χ1n) is 10.1. The Bertz CT molecular complexity index is 758. The number of aromatic nitrogens is 3. The maximum absolute atomic E-state index is 5.17. The standard InChI is InChI=1S/C21H32N6O/c1-17-24-25-20(26(17)2)15-23-21(22-11-7-13-28-3)27-12-10-19(16-27)14-18-8-5-4-6-9-18/h4-6,8-9,19H,7,10-16H2,1-3H3,(H,22,23). The van der Waals surface area contributed by atoms with E-state index in [0.717, 1.165) is 56.7 Å². The van der Waals surface area contributed by atoms with Crippen molar-refractivity contribution < 1.29 is 4.74 Å². The van der Waals surface area contributed by atoms with Gasteiger partial charge in [-0.1, -0.05) is 30.3 Å². The topological polar surface area (TPSA) is 67.6 Å². The lowest BCUT2D eigenvalue weighted by Gasteiger charge is -2.22. The van der Waals surface area contributed by atoms with Gasteiger partial charge in [0.15, 0.2) is 11.8 Å². The predicted molar refractivity (Wildman–Crippen MR) is 111 cm³/mol. The molecule has 0 spiro atoms. The molecule has 0 bridgehead atoms. The highest BCUT2D eigenvalue weighted by Crippen LogP contribution is 2.21. The lowest BCUT2D eigenvalue weighted by Crippen LogP contribution is -2.41. The Morgan fingerprint density at radius 3 is 2.82 bits per heavy atom. The Kier molecular flexibility index (Phi) is 7.42. The average Bonchev–Trinajstić information content (AvgIpc) is 3.30. The first-order chi connectivity index (χ1) is 13.7. The Hall–Kier alpha value is -2.41. The van der Waals surface area contributed by atoms with Crippen molar-refractivity contribution in [2.45, 2.75) is 32.7 Å². The molecule has 1 aromatic heterocycles. The first kappa shape index (κ1) is 20.3. The summed E-state index contributed by atoms with van der Waals surface area (Å²) in [5.41, 5.74) is 1.41. The summed E-state index contributed by atoms with van der Waals surface area (Å²) in [6, 6.07) is 10.8. The van der Waals surface area contributed by atoms with Gasteiger partial charge in [0.1, 0.15) is 12.4 Å². The third-order valence-corrected chi connectivity index (χ3v) is 5.31. The Morgan fingerprint density at radius 1 is 1.29 bits per heavy atom. The zero-order valence-electron chi connectivity index (χ0n) is 17.3. The maximum Gasteiger partial charge on any atom is 0.194 e. The summed E-state index contributed by atoms with van der Waals surface area (Å²) < 4.78 is 7.16. The van der Waals surface area contributed by atoms with Crippen LogP contribution in [0.1, 0.15) is 30.1 Å². The number of rotatable bonds is 8. The molecule has 1 unspecified atom stereocenters. The molecule has 1 aliphatic rings. The minimum atomic E-state index is 0.532. The van der Waals surface area contributed by atoms with Crippen molar-refractivity contribution in [3.05, 3.63) is 47.5 Å². The van der Waals surface area contributed by atoms with Crippen LogP contribution in [0, 0.1) is 12.8 Å². The summed E-state index contributed by atoms with van der Waals surface area (Å²) in [6.07, 6.45) is 3.27. The van der Waals surface area contributed by atoms with Crippen molar-refractivity contribution in [2.75, 3.05) is 33.4 Å². The SMILES string of the molecule is COCCCNC(=NCc1nnc(C)n1C)N1CCC(Cc2ccccc2)C1. The predicted octanol–water partition coefficient (Wildman–Crippen LogP) is 2.17. The highest BCUT2D eigenvalue weighted by Gasteiger charge is 2.25. The van der Waals surface area contributed by atoms with Crippen molar-refractivity contribution in [1.29, 1.82) is 0 Å². The number of nitrogens with one attached hydrogen (secondary N) is 1. The van der Waals surface area contributed by atoms with E-state index in [2.05, 4.69) is 50.7 Å². The molecule has 1 aliphatic heterocycles. The van der Waals surface area contributed by atoms with Crippen molar-refractivity contribution in [3.63, 3.8) is 0 Å². The number of aliphatic imine (C=N–C) groups is 1. The van der Waals surface area contributed by atoms with E-state index in [0.29, 0.717) is 12.5 Å². The fraction of sp³-hybridized carbons (Fsp3) is 0.571. The van der Waals surface area contributed by atoms with Gasteiger partial charge in [0.05, 0.1) is 0 Å². The van der Waals surface area contributed by atoms with E-state index in [1.807, 2.05) is 18.5 Å². The number of nitrogens with zero attached hydrogens (tertiary/aromatic N) is 5. The van der Waals surface area contributed by atoms with E-state index in [9.17, 15) is 0 Å². The van der Waals surface area contributed by atoms with Crippen LogP contribution in [0.3, 0.4) is 0 Å². The van der Waals surface area contributed by atoms with Gasteiger partial charge in [0.25, 0.3) is 0 Å². The minimum Gasteiger partial charge on any atom is -0.385 e. The van der Waals surface area contributed by atoms with E-state index in [1.165, 1.54) is 12.0 Å². The van der Waals surface area contributed by atoms with E-state index >= 15 is 0 Å². The largest absolute Gasteiger partial charge is 0.385 e. The molecule has 152 valence electrons. The van der Waals surface area contributed by atoms with Gasteiger partial charge in [-0.2, -0.15) is 0 Å². The summed E-state index contributed by atoms with van der Waals surface area (Å²) in [4.78, 5) is 7.24. The molecule has 3 rings (SSSR count). The minimum absolute atomic E-state index is 0.532. The van der Waals surface area contributed by atoms with E-state index < -0.39 is 0 Å². The maximum atomic E-state index is 5.17. The van der Waals surface area contributed by atoms with Crippen molar-refractivity contribution >= 4 is 5.96 Å². The molecule has 1 saturated heterocycles. The van der Waals surface area contributed by atoms with Gasteiger partial charge >= 0.3 is 0 Å². The number of likely N-dealkylation sites (tertiary alicyclic amines) is 1. The van der Waals surface area contributed by atoms with Gasteiger partial charge in [-0.3, -0.25) is 0 Å². The Morgan fingerprint density at radius 2 is 2.11 bits per heavy atom. The molecule has 7 heteroatoms. The summed E-state index contributed by atoms with van der Waals surface area (Å²) in [6.45, 7) is 6.15. The number of methoxy groups -OCH3 is 1. The molecular weight excluding hydrogens is 352 g/mol. The summed E-state index contributed by atoms with van der Waals surface area (Å²) >= 11 is 0. The molecule has 1 fully saturated rings. The normalized spacial score (nSPS) is 17.3.